The van der Waals surface area contributed by atoms with Crippen molar-refractivity contribution in [3.8, 4) is 11.5 Å². The van der Waals surface area contributed by atoms with Gasteiger partial charge in [0.1, 0.15) is 18.2 Å². The fourth-order valence-electron chi connectivity index (χ4n) is 2.64. The summed E-state index contributed by atoms with van der Waals surface area (Å²) < 4.78 is 61.2. The van der Waals surface area contributed by atoms with Crippen LogP contribution in [0.2, 0.25) is 0 Å². The third-order valence-corrected chi connectivity index (χ3v) is 3.81. The van der Waals surface area contributed by atoms with Gasteiger partial charge in [-0.1, -0.05) is 0 Å². The normalized spacial score (nSPS) is 14.4. The molecule has 4 rings (SSSR count). The van der Waals surface area contributed by atoms with E-state index in [4.69, 9.17) is 9.47 Å². The number of hydrogen-bond donors (Lipinski definition) is 0. The number of ether oxygens (including phenoxy) is 2. The van der Waals surface area contributed by atoms with Gasteiger partial charge in [0.05, 0.1) is 4.92 Å². The van der Waals surface area contributed by atoms with Crippen LogP contribution in [0, 0.1) is 33.4 Å². The average molecular weight is 397 g/mol. The Morgan fingerprint density at radius 3 is 2.18 bits per heavy atom. The summed E-state index contributed by atoms with van der Waals surface area (Å²) in [6.45, 7) is -0.446. The van der Waals surface area contributed by atoms with E-state index in [2.05, 4.69) is 0 Å². The lowest BCUT2D eigenvalue weighted by atomic mass is 10.1. The Kier molecular flexibility index (Phi) is 5.30. The van der Waals surface area contributed by atoms with Gasteiger partial charge in [-0.2, -0.15) is 0 Å². The van der Waals surface area contributed by atoms with Crippen LogP contribution in [-0.4, -0.2) is 23.9 Å². The first-order valence-corrected chi connectivity index (χ1v) is 7.84. The van der Waals surface area contributed by atoms with E-state index in [-0.39, 0.29) is 53.7 Å². The minimum Gasteiger partial charge on any atom is -0.482 e. The van der Waals surface area contributed by atoms with Gasteiger partial charge in [-0.05, 0) is 12.1 Å². The van der Waals surface area contributed by atoms with E-state index in [1.807, 2.05) is 0 Å². The van der Waals surface area contributed by atoms with Crippen LogP contribution in [0.4, 0.5) is 17.6 Å². The Morgan fingerprint density at radius 1 is 0.893 bits per heavy atom. The molecule has 0 unspecified atom stereocenters. The van der Waals surface area contributed by atoms with E-state index in [1.165, 1.54) is 0 Å². The van der Waals surface area contributed by atoms with Crippen LogP contribution in [0.1, 0.15) is 11.1 Å². The van der Waals surface area contributed by atoms with E-state index in [0.717, 1.165) is 24.3 Å². The minimum atomic E-state index is -0.858. The predicted molar refractivity (Wildman–Crippen MR) is 87.4 cm³/mol. The standard InChI is InChI=1S/C9H5F2NO3.C9H6F2O2/c10-6-1-5-2-7(12(13)14)4-15-9(5)8(11)3-6;10-6-1-5-2-7(12)4-13-9(5)8(11)3-6/h1-3H,4H2;1,3H,2,4H2. The van der Waals surface area contributed by atoms with Crippen molar-refractivity contribution in [3.05, 3.63) is 74.5 Å². The fraction of sp³-hybridized carbons (Fsp3) is 0.167. The summed E-state index contributed by atoms with van der Waals surface area (Å²) in [7, 11) is 0. The van der Waals surface area contributed by atoms with Crippen molar-refractivity contribution in [1.29, 1.82) is 0 Å². The Bertz CT molecular complexity index is 1010. The van der Waals surface area contributed by atoms with Crippen LogP contribution >= 0.6 is 0 Å². The molecule has 0 amide bonds. The molecule has 0 saturated heterocycles. The molecule has 2 aliphatic heterocycles. The maximum absolute atomic E-state index is 13.1. The predicted octanol–water partition coefficient (Wildman–Crippen LogP) is 3.44. The van der Waals surface area contributed by atoms with Crippen LogP contribution in [0.3, 0.4) is 0 Å². The van der Waals surface area contributed by atoms with Crippen molar-refractivity contribution < 1.29 is 36.8 Å². The van der Waals surface area contributed by atoms with Crippen molar-refractivity contribution in [2.45, 2.75) is 6.42 Å². The molecule has 0 spiro atoms. The zero-order valence-corrected chi connectivity index (χ0v) is 14.0. The molecule has 0 fully saturated rings. The largest absolute Gasteiger partial charge is 0.482 e. The van der Waals surface area contributed by atoms with E-state index in [1.54, 1.807) is 0 Å². The molecule has 28 heavy (non-hydrogen) atoms. The van der Waals surface area contributed by atoms with E-state index < -0.39 is 28.2 Å². The fourth-order valence-corrected chi connectivity index (χ4v) is 2.64. The first kappa shape index (κ1) is 19.3. The summed E-state index contributed by atoms with van der Waals surface area (Å²) in [5.74, 6) is -3.41. The minimum absolute atomic E-state index is 0.000926. The lowest BCUT2D eigenvalue weighted by Crippen LogP contribution is -2.21. The molecule has 0 atom stereocenters. The molecule has 0 aliphatic carbocycles. The molecule has 0 saturated carbocycles. The molecule has 2 aromatic carbocycles. The topological polar surface area (TPSA) is 78.7 Å². The smallest absolute Gasteiger partial charge is 0.284 e. The molecule has 6 nitrogen and oxygen atoms in total. The summed E-state index contributed by atoms with van der Waals surface area (Å²) >= 11 is 0. The molecular weight excluding hydrogens is 386 g/mol. The number of ketones is 1. The number of halogens is 4. The zero-order valence-electron chi connectivity index (χ0n) is 14.0. The van der Waals surface area contributed by atoms with Gasteiger partial charge in [-0.3, -0.25) is 14.9 Å². The average Bonchev–Trinajstić information content (AvgIpc) is 2.60. The lowest BCUT2D eigenvalue weighted by molar-refractivity contribution is -0.427. The van der Waals surface area contributed by atoms with Crippen molar-refractivity contribution in [2.24, 2.45) is 0 Å². The number of hydrogen-bond acceptors (Lipinski definition) is 5. The summed E-state index contributed by atoms with van der Waals surface area (Å²) in [5, 5.41) is 10.4. The Balaban J connectivity index is 0.000000162. The van der Waals surface area contributed by atoms with Gasteiger partial charge in [0.2, 0.25) is 0 Å². The lowest BCUT2D eigenvalue weighted by Gasteiger charge is -2.16. The van der Waals surface area contributed by atoms with E-state index >= 15 is 0 Å². The maximum Gasteiger partial charge on any atom is 0.284 e. The summed E-state index contributed by atoms with van der Waals surface area (Å²) in [4.78, 5) is 20.6. The Hall–Kier alpha value is -3.43. The summed E-state index contributed by atoms with van der Waals surface area (Å²) in [5.41, 5.74) is 0.103. The van der Waals surface area contributed by atoms with Crippen LogP contribution < -0.4 is 9.47 Å². The second kappa shape index (κ2) is 7.67. The van der Waals surface area contributed by atoms with Gasteiger partial charge in [-0.25, -0.2) is 17.6 Å². The number of Topliss-reactive ketones (excluding diaryl/α,β-unsaturated/α-hetero) is 1. The highest BCUT2D eigenvalue weighted by Crippen LogP contribution is 2.30. The number of benzene rings is 2. The van der Waals surface area contributed by atoms with Crippen LogP contribution in [-0.2, 0) is 11.2 Å². The van der Waals surface area contributed by atoms with Crippen LogP contribution in [0.5, 0.6) is 11.5 Å². The second-order valence-corrected chi connectivity index (χ2v) is 5.87. The van der Waals surface area contributed by atoms with Crippen molar-refractivity contribution in [1.82, 2.24) is 0 Å². The number of rotatable bonds is 1. The molecule has 10 heteroatoms. The molecule has 0 aromatic heterocycles. The van der Waals surface area contributed by atoms with Crippen molar-refractivity contribution >= 4 is 11.9 Å². The number of nitrogens with zero attached hydrogens (tertiary/aromatic N) is 1. The van der Waals surface area contributed by atoms with Crippen molar-refractivity contribution in [3.63, 3.8) is 0 Å². The molecule has 2 aliphatic rings. The Morgan fingerprint density at radius 2 is 1.50 bits per heavy atom. The molecule has 0 N–H and O–H groups in total. The van der Waals surface area contributed by atoms with Gasteiger partial charge in [0, 0.05) is 35.8 Å². The quantitative estimate of drug-likeness (QED) is 0.419. The second-order valence-electron chi connectivity index (χ2n) is 5.87. The van der Waals surface area contributed by atoms with Gasteiger partial charge in [-0.15, -0.1) is 0 Å². The number of nitro groups is 1. The monoisotopic (exact) mass is 397 g/mol. The van der Waals surface area contributed by atoms with Gasteiger partial charge in [0.15, 0.2) is 35.5 Å². The van der Waals surface area contributed by atoms with Gasteiger partial charge >= 0.3 is 0 Å². The molecule has 2 aromatic rings. The maximum atomic E-state index is 13.1. The highest BCUT2D eigenvalue weighted by molar-refractivity contribution is 5.84. The number of fused-ring (bicyclic) bond motifs is 2. The third-order valence-electron chi connectivity index (χ3n) is 3.81. The van der Waals surface area contributed by atoms with Crippen LogP contribution in [0.25, 0.3) is 6.08 Å². The molecule has 2 heterocycles. The number of carbonyl (C=O) groups excluding carboxylic acids is 1. The SMILES string of the molecule is O=C1COc2c(F)cc(F)cc2C1.O=[N+]([O-])C1=Cc2cc(F)cc(F)c2OC1. The summed E-state index contributed by atoms with van der Waals surface area (Å²) in [6, 6.07) is 3.52. The molecule has 0 bridgehead atoms. The third kappa shape index (κ3) is 4.11. The summed E-state index contributed by atoms with van der Waals surface area (Å²) in [6.07, 6.45) is 1.15. The van der Waals surface area contributed by atoms with Gasteiger partial charge < -0.3 is 9.47 Å². The van der Waals surface area contributed by atoms with Crippen LogP contribution in [0.15, 0.2) is 30.0 Å². The first-order chi connectivity index (χ1) is 13.2. The van der Waals surface area contributed by atoms with E-state index in [0.29, 0.717) is 6.07 Å². The Labute approximate surface area is 155 Å². The highest BCUT2D eigenvalue weighted by atomic mass is 19.1. The molecule has 146 valence electrons. The van der Waals surface area contributed by atoms with Gasteiger partial charge in [0.25, 0.3) is 5.70 Å². The highest BCUT2D eigenvalue weighted by Gasteiger charge is 2.23. The van der Waals surface area contributed by atoms with E-state index in [9.17, 15) is 32.5 Å². The first-order valence-electron chi connectivity index (χ1n) is 7.84. The van der Waals surface area contributed by atoms with Crippen molar-refractivity contribution in [2.75, 3.05) is 13.2 Å². The zero-order chi connectivity index (χ0) is 20.4. The molecule has 0 radical (unpaired) electrons. The number of carbonyl (C=O) groups is 1. The molecular formula is C18H11F4NO5.